The van der Waals surface area contributed by atoms with Crippen LogP contribution < -0.4 is 9.47 Å². The van der Waals surface area contributed by atoms with E-state index in [-0.39, 0.29) is 0 Å². The summed E-state index contributed by atoms with van der Waals surface area (Å²) in [7, 11) is 1.65. The molecular weight excluding hydrogens is 336 g/mol. The Morgan fingerprint density at radius 2 is 1.74 bits per heavy atom. The highest BCUT2D eigenvalue weighted by molar-refractivity contribution is 5.80. The third-order valence-corrected chi connectivity index (χ3v) is 4.55. The normalized spacial score (nSPS) is 10.9. The molecule has 4 aromatic rings. The van der Waals surface area contributed by atoms with Gasteiger partial charge in [0.05, 0.1) is 18.1 Å². The molecule has 0 radical (unpaired) electrons. The minimum Gasteiger partial charge on any atom is -0.493 e. The highest BCUT2D eigenvalue weighted by atomic mass is 16.5. The van der Waals surface area contributed by atoms with Crippen molar-refractivity contribution in [2.75, 3.05) is 7.11 Å². The van der Waals surface area contributed by atoms with Gasteiger partial charge >= 0.3 is 0 Å². The van der Waals surface area contributed by atoms with Gasteiger partial charge in [-0.3, -0.25) is 0 Å². The Morgan fingerprint density at radius 3 is 2.56 bits per heavy atom. The first-order valence-electron chi connectivity index (χ1n) is 8.95. The van der Waals surface area contributed by atoms with E-state index >= 15 is 0 Å². The minimum absolute atomic E-state index is 0.501. The molecular formula is C23H22N2O2. The number of H-pyrrole nitrogens is 1. The second-order valence-corrected chi connectivity index (χ2v) is 6.75. The number of ether oxygens (including phenoxy) is 2. The molecule has 4 nitrogen and oxygen atoms in total. The van der Waals surface area contributed by atoms with Crippen LogP contribution in [0.2, 0.25) is 0 Å². The maximum absolute atomic E-state index is 5.98. The summed E-state index contributed by atoms with van der Waals surface area (Å²) in [6.07, 6.45) is 0. The fraction of sp³-hybridized carbons (Fsp3) is 0.174. The van der Waals surface area contributed by atoms with Crippen LogP contribution in [0.4, 0.5) is 0 Å². The van der Waals surface area contributed by atoms with Gasteiger partial charge in [-0.05, 0) is 55.3 Å². The smallest absolute Gasteiger partial charge is 0.161 e. The summed E-state index contributed by atoms with van der Waals surface area (Å²) in [6, 6.07) is 20.4. The number of fused-ring (bicyclic) bond motifs is 1. The van der Waals surface area contributed by atoms with Crippen LogP contribution in [0.3, 0.4) is 0 Å². The van der Waals surface area contributed by atoms with Crippen molar-refractivity contribution in [1.29, 1.82) is 0 Å². The SMILES string of the molecule is COc1cc(-c2nc3ccc(C)cc3[nH]2)ccc1OCc1cccc(C)c1. The number of methoxy groups -OCH3 is 1. The number of aryl methyl sites for hydroxylation is 2. The highest BCUT2D eigenvalue weighted by Gasteiger charge is 2.11. The van der Waals surface area contributed by atoms with Crippen LogP contribution in [0.5, 0.6) is 11.5 Å². The summed E-state index contributed by atoms with van der Waals surface area (Å²) in [6.45, 7) is 4.65. The van der Waals surface area contributed by atoms with Crippen molar-refractivity contribution in [1.82, 2.24) is 9.97 Å². The number of aromatic amines is 1. The molecule has 1 heterocycles. The minimum atomic E-state index is 0.501. The van der Waals surface area contributed by atoms with Crippen molar-refractivity contribution in [3.8, 4) is 22.9 Å². The van der Waals surface area contributed by atoms with E-state index in [1.165, 1.54) is 11.1 Å². The summed E-state index contributed by atoms with van der Waals surface area (Å²) in [4.78, 5) is 8.06. The largest absolute Gasteiger partial charge is 0.493 e. The van der Waals surface area contributed by atoms with Gasteiger partial charge in [-0.25, -0.2) is 4.98 Å². The zero-order valence-electron chi connectivity index (χ0n) is 15.7. The third kappa shape index (κ3) is 3.65. The average Bonchev–Trinajstić information content (AvgIpc) is 3.09. The molecule has 0 fully saturated rings. The van der Waals surface area contributed by atoms with Crippen LogP contribution in [0, 0.1) is 13.8 Å². The van der Waals surface area contributed by atoms with E-state index in [1.807, 2.05) is 30.3 Å². The molecule has 0 unspecified atom stereocenters. The number of aromatic nitrogens is 2. The first-order valence-corrected chi connectivity index (χ1v) is 8.95. The molecule has 4 rings (SSSR count). The first-order chi connectivity index (χ1) is 13.1. The topological polar surface area (TPSA) is 47.1 Å². The summed E-state index contributed by atoms with van der Waals surface area (Å²) in [5.41, 5.74) is 6.50. The summed E-state index contributed by atoms with van der Waals surface area (Å²) in [5.74, 6) is 2.23. The van der Waals surface area contributed by atoms with Gasteiger partial charge in [0.1, 0.15) is 12.4 Å². The Bertz CT molecular complexity index is 1100. The van der Waals surface area contributed by atoms with Crippen LogP contribution >= 0.6 is 0 Å². The zero-order valence-corrected chi connectivity index (χ0v) is 15.7. The Labute approximate surface area is 158 Å². The molecule has 4 heteroatoms. The number of rotatable bonds is 5. The standard InChI is InChI=1S/C23H22N2O2/c1-15-5-4-6-17(11-15)14-27-21-10-8-18(13-22(21)26-3)23-24-19-9-7-16(2)12-20(19)25-23/h4-13H,14H2,1-3H3,(H,24,25). The van der Waals surface area contributed by atoms with Gasteiger partial charge in [-0.1, -0.05) is 35.9 Å². The molecule has 3 aromatic carbocycles. The van der Waals surface area contributed by atoms with Crippen molar-refractivity contribution < 1.29 is 9.47 Å². The summed E-state index contributed by atoms with van der Waals surface area (Å²) >= 11 is 0. The van der Waals surface area contributed by atoms with Crippen LogP contribution in [0.25, 0.3) is 22.4 Å². The molecule has 1 aromatic heterocycles. The molecule has 0 atom stereocenters. The van der Waals surface area contributed by atoms with Crippen molar-refractivity contribution in [2.24, 2.45) is 0 Å². The number of nitrogens with one attached hydrogen (secondary N) is 1. The van der Waals surface area contributed by atoms with E-state index in [9.17, 15) is 0 Å². The van der Waals surface area contributed by atoms with Gasteiger partial charge in [-0.2, -0.15) is 0 Å². The molecule has 0 spiro atoms. The lowest BCUT2D eigenvalue weighted by Gasteiger charge is -2.12. The van der Waals surface area contributed by atoms with Gasteiger partial charge in [0.2, 0.25) is 0 Å². The molecule has 0 aliphatic rings. The van der Waals surface area contributed by atoms with Gasteiger partial charge in [0.15, 0.2) is 11.5 Å². The number of hydrogen-bond donors (Lipinski definition) is 1. The van der Waals surface area contributed by atoms with Crippen LogP contribution in [-0.2, 0) is 6.61 Å². The van der Waals surface area contributed by atoms with Crippen molar-refractivity contribution in [3.05, 3.63) is 77.4 Å². The lowest BCUT2D eigenvalue weighted by Crippen LogP contribution is -1.98. The average molecular weight is 358 g/mol. The first kappa shape index (κ1) is 17.2. The zero-order chi connectivity index (χ0) is 18.8. The van der Waals surface area contributed by atoms with Gasteiger partial charge < -0.3 is 14.5 Å². The molecule has 0 bridgehead atoms. The molecule has 0 aliphatic carbocycles. The van der Waals surface area contributed by atoms with Crippen molar-refractivity contribution in [2.45, 2.75) is 20.5 Å². The molecule has 0 saturated heterocycles. The number of hydrogen-bond acceptors (Lipinski definition) is 3. The second kappa shape index (κ2) is 7.16. The molecule has 136 valence electrons. The van der Waals surface area contributed by atoms with E-state index in [1.54, 1.807) is 7.11 Å². The van der Waals surface area contributed by atoms with Gasteiger partial charge in [0, 0.05) is 5.56 Å². The van der Waals surface area contributed by atoms with E-state index in [4.69, 9.17) is 9.47 Å². The molecule has 27 heavy (non-hydrogen) atoms. The van der Waals surface area contributed by atoms with Crippen LogP contribution in [0.1, 0.15) is 16.7 Å². The van der Waals surface area contributed by atoms with E-state index in [0.29, 0.717) is 12.4 Å². The monoisotopic (exact) mass is 358 g/mol. The lowest BCUT2D eigenvalue weighted by molar-refractivity contribution is 0.284. The molecule has 1 N–H and O–H groups in total. The molecule has 0 amide bonds. The number of nitrogens with zero attached hydrogens (tertiary/aromatic N) is 1. The van der Waals surface area contributed by atoms with Gasteiger partial charge in [0.25, 0.3) is 0 Å². The van der Waals surface area contributed by atoms with Gasteiger partial charge in [-0.15, -0.1) is 0 Å². The Hall–Kier alpha value is -3.27. The quantitative estimate of drug-likeness (QED) is 0.517. The predicted molar refractivity (Wildman–Crippen MR) is 108 cm³/mol. The van der Waals surface area contributed by atoms with E-state index in [2.05, 4.69) is 54.1 Å². The fourth-order valence-electron chi connectivity index (χ4n) is 3.16. The van der Waals surface area contributed by atoms with E-state index in [0.717, 1.165) is 33.7 Å². The van der Waals surface area contributed by atoms with Crippen LogP contribution in [0.15, 0.2) is 60.7 Å². The Morgan fingerprint density at radius 1 is 0.889 bits per heavy atom. The second-order valence-electron chi connectivity index (χ2n) is 6.75. The molecule has 0 aliphatic heterocycles. The highest BCUT2D eigenvalue weighted by Crippen LogP contribution is 2.33. The Balaban J connectivity index is 1.60. The molecule has 0 saturated carbocycles. The summed E-state index contributed by atoms with van der Waals surface area (Å²) in [5, 5.41) is 0. The number of imidazole rings is 1. The predicted octanol–water partition coefficient (Wildman–Crippen LogP) is 5.43. The van der Waals surface area contributed by atoms with Crippen molar-refractivity contribution in [3.63, 3.8) is 0 Å². The maximum Gasteiger partial charge on any atom is 0.161 e. The summed E-state index contributed by atoms with van der Waals surface area (Å²) < 4.78 is 11.5. The van der Waals surface area contributed by atoms with Crippen molar-refractivity contribution >= 4 is 11.0 Å². The maximum atomic E-state index is 5.98. The lowest BCUT2D eigenvalue weighted by atomic mass is 10.1. The third-order valence-electron chi connectivity index (χ3n) is 4.55. The Kier molecular flexibility index (Phi) is 4.55. The van der Waals surface area contributed by atoms with Crippen LogP contribution in [-0.4, -0.2) is 17.1 Å². The number of benzene rings is 3. The fourth-order valence-corrected chi connectivity index (χ4v) is 3.16. The van der Waals surface area contributed by atoms with E-state index < -0.39 is 0 Å².